The summed E-state index contributed by atoms with van der Waals surface area (Å²) in [7, 11) is 1.95. The van der Waals surface area contributed by atoms with Crippen molar-refractivity contribution in [2.45, 2.75) is 34.2 Å². The Kier molecular flexibility index (Phi) is 4.82. The lowest BCUT2D eigenvalue weighted by molar-refractivity contribution is 0.104. The number of hydrogen-bond acceptors (Lipinski definition) is 3. The van der Waals surface area contributed by atoms with Crippen LogP contribution >= 0.6 is 11.6 Å². The molecule has 6 nitrogen and oxygen atoms in total. The Morgan fingerprint density at radius 1 is 1.14 bits per heavy atom. The maximum Gasteiger partial charge on any atom is 0.191 e. The van der Waals surface area contributed by atoms with E-state index in [4.69, 9.17) is 11.6 Å². The van der Waals surface area contributed by atoms with Crippen molar-refractivity contribution in [2.24, 2.45) is 13.0 Å². The van der Waals surface area contributed by atoms with Gasteiger partial charge >= 0.3 is 0 Å². The Morgan fingerprint density at radius 3 is 2.52 bits per heavy atom. The standard InChI is InChI=1S/C22H24ClN5O/c1-13(2)12-27-21(23)16(14(3)24-27)10-11-19(29)20-15(4)25-28-18-9-7-6-8-17(18)26(5)22(20)28/h6-11,13H,12H2,1-5H3/b11-10+. The minimum atomic E-state index is -0.101. The number of hydrogen-bond donors (Lipinski definition) is 0. The van der Waals surface area contributed by atoms with Crippen molar-refractivity contribution in [1.29, 1.82) is 0 Å². The highest BCUT2D eigenvalue weighted by Gasteiger charge is 2.21. The molecule has 150 valence electrons. The maximum atomic E-state index is 13.1. The van der Waals surface area contributed by atoms with Gasteiger partial charge in [-0.3, -0.25) is 9.48 Å². The number of rotatable bonds is 5. The van der Waals surface area contributed by atoms with Gasteiger partial charge in [0.2, 0.25) is 0 Å². The third-order valence-corrected chi connectivity index (χ3v) is 5.52. The smallest absolute Gasteiger partial charge is 0.191 e. The average Bonchev–Trinajstić information content (AvgIpc) is 3.24. The lowest BCUT2D eigenvalue weighted by Gasteiger charge is -2.05. The van der Waals surface area contributed by atoms with Gasteiger partial charge in [0.05, 0.1) is 28.0 Å². The molecule has 0 atom stereocenters. The molecule has 1 aromatic carbocycles. The Bertz CT molecular complexity index is 1270. The van der Waals surface area contributed by atoms with Gasteiger partial charge < -0.3 is 4.57 Å². The second-order valence-electron chi connectivity index (χ2n) is 7.81. The molecule has 4 rings (SSSR count). The Balaban J connectivity index is 1.76. The molecule has 0 N–H and O–H groups in total. The summed E-state index contributed by atoms with van der Waals surface area (Å²) < 4.78 is 5.64. The van der Waals surface area contributed by atoms with Crippen LogP contribution in [0.25, 0.3) is 22.8 Å². The molecule has 0 aliphatic rings. The van der Waals surface area contributed by atoms with Gasteiger partial charge in [0.25, 0.3) is 0 Å². The number of ketones is 1. The molecule has 0 aliphatic heterocycles. The van der Waals surface area contributed by atoms with Gasteiger partial charge in [-0.05, 0) is 44.1 Å². The van der Waals surface area contributed by atoms with Gasteiger partial charge in [-0.15, -0.1) is 0 Å². The minimum absolute atomic E-state index is 0.101. The van der Waals surface area contributed by atoms with E-state index >= 15 is 0 Å². The Hall–Kier alpha value is -2.86. The molecular weight excluding hydrogens is 386 g/mol. The number of aromatic nitrogens is 5. The van der Waals surface area contributed by atoms with Gasteiger partial charge in [0, 0.05) is 19.2 Å². The van der Waals surface area contributed by atoms with E-state index in [0.717, 1.165) is 34.5 Å². The molecule has 0 amide bonds. The van der Waals surface area contributed by atoms with Crippen molar-refractivity contribution < 1.29 is 4.79 Å². The summed E-state index contributed by atoms with van der Waals surface area (Å²) in [4.78, 5) is 13.1. The number of benzene rings is 1. The number of nitrogens with zero attached hydrogens (tertiary/aromatic N) is 5. The first-order valence-corrected chi connectivity index (χ1v) is 10.1. The second kappa shape index (κ2) is 7.19. The minimum Gasteiger partial charge on any atom is -0.327 e. The van der Waals surface area contributed by atoms with Crippen LogP contribution in [0, 0.1) is 19.8 Å². The summed E-state index contributed by atoms with van der Waals surface area (Å²) in [6.07, 6.45) is 3.33. The van der Waals surface area contributed by atoms with Crippen LogP contribution in [0.5, 0.6) is 0 Å². The zero-order valence-corrected chi connectivity index (χ0v) is 18.0. The summed E-state index contributed by atoms with van der Waals surface area (Å²) in [5, 5.41) is 9.67. The zero-order chi connectivity index (χ0) is 20.9. The van der Waals surface area contributed by atoms with Crippen molar-refractivity contribution >= 4 is 40.1 Å². The molecule has 3 heterocycles. The van der Waals surface area contributed by atoms with Crippen LogP contribution in [0.2, 0.25) is 5.15 Å². The van der Waals surface area contributed by atoms with Gasteiger partial charge in [0.15, 0.2) is 5.78 Å². The lowest BCUT2D eigenvalue weighted by atomic mass is 10.1. The highest BCUT2D eigenvalue weighted by atomic mass is 35.5. The molecule has 4 aromatic rings. The van der Waals surface area contributed by atoms with E-state index in [1.165, 1.54) is 0 Å². The molecule has 0 saturated heterocycles. The van der Waals surface area contributed by atoms with Gasteiger partial charge in [-0.25, -0.2) is 4.52 Å². The number of imidazole rings is 1. The number of carbonyl (C=O) groups is 1. The molecule has 0 saturated carbocycles. The fraction of sp³-hybridized carbons (Fsp3) is 0.318. The Labute approximate surface area is 174 Å². The normalized spacial score (nSPS) is 12.2. The summed E-state index contributed by atoms with van der Waals surface area (Å²) >= 11 is 6.50. The molecular formula is C22H24ClN5O. The quantitative estimate of drug-likeness (QED) is 0.350. The summed E-state index contributed by atoms with van der Waals surface area (Å²) in [6.45, 7) is 8.73. The number of halogens is 1. The van der Waals surface area contributed by atoms with Gasteiger partial charge in [0.1, 0.15) is 10.8 Å². The maximum absolute atomic E-state index is 13.1. The number of allylic oxidation sites excluding steroid dienone is 1. The second-order valence-corrected chi connectivity index (χ2v) is 8.17. The van der Waals surface area contributed by atoms with E-state index < -0.39 is 0 Å². The first kappa shape index (κ1) is 19.5. The predicted molar refractivity (Wildman–Crippen MR) is 117 cm³/mol. The van der Waals surface area contributed by atoms with Crippen LogP contribution in [0.15, 0.2) is 30.3 Å². The number of para-hydroxylation sites is 2. The van der Waals surface area contributed by atoms with Crippen molar-refractivity contribution in [3.8, 4) is 0 Å². The SMILES string of the molecule is Cc1nn(CC(C)C)c(Cl)c1/C=C/C(=O)c1c(C)nn2c3ccccc3n(C)c12. The molecule has 3 aromatic heterocycles. The van der Waals surface area contributed by atoms with Gasteiger partial charge in [-0.2, -0.15) is 10.2 Å². The van der Waals surface area contributed by atoms with Crippen molar-refractivity contribution in [2.75, 3.05) is 0 Å². The molecule has 0 fully saturated rings. The largest absolute Gasteiger partial charge is 0.327 e. The number of aryl methyl sites for hydroxylation is 3. The first-order chi connectivity index (χ1) is 13.8. The summed E-state index contributed by atoms with van der Waals surface area (Å²) in [5.74, 6) is 0.329. The van der Waals surface area contributed by atoms with E-state index in [9.17, 15) is 4.79 Å². The van der Waals surface area contributed by atoms with Crippen LogP contribution in [-0.4, -0.2) is 29.7 Å². The molecule has 0 unspecified atom stereocenters. The van der Waals surface area contributed by atoms with E-state index in [2.05, 4.69) is 24.0 Å². The van der Waals surface area contributed by atoms with E-state index in [1.54, 1.807) is 16.8 Å². The molecule has 7 heteroatoms. The fourth-order valence-corrected chi connectivity index (χ4v) is 4.09. The lowest BCUT2D eigenvalue weighted by Crippen LogP contribution is -2.06. The van der Waals surface area contributed by atoms with Crippen LogP contribution in [-0.2, 0) is 13.6 Å². The Morgan fingerprint density at radius 2 is 1.83 bits per heavy atom. The monoisotopic (exact) mass is 409 g/mol. The molecule has 0 bridgehead atoms. The third-order valence-electron chi connectivity index (χ3n) is 5.12. The molecule has 0 radical (unpaired) electrons. The van der Waals surface area contributed by atoms with E-state index in [0.29, 0.717) is 22.3 Å². The molecule has 29 heavy (non-hydrogen) atoms. The van der Waals surface area contributed by atoms with E-state index in [-0.39, 0.29) is 5.78 Å². The number of fused-ring (bicyclic) bond motifs is 3. The highest BCUT2D eigenvalue weighted by Crippen LogP contribution is 2.26. The summed E-state index contributed by atoms with van der Waals surface area (Å²) in [5.41, 5.74) is 5.68. The molecule has 0 aliphatic carbocycles. The zero-order valence-electron chi connectivity index (χ0n) is 17.3. The fourth-order valence-electron chi connectivity index (χ4n) is 3.79. The van der Waals surface area contributed by atoms with Crippen molar-refractivity contribution in [3.63, 3.8) is 0 Å². The van der Waals surface area contributed by atoms with E-state index in [1.807, 2.05) is 54.2 Å². The predicted octanol–water partition coefficient (Wildman–Crippen LogP) is 4.84. The third kappa shape index (κ3) is 3.17. The van der Waals surface area contributed by atoms with Gasteiger partial charge in [-0.1, -0.05) is 37.6 Å². The number of carbonyl (C=O) groups excluding carboxylic acids is 1. The highest BCUT2D eigenvalue weighted by molar-refractivity contribution is 6.31. The van der Waals surface area contributed by atoms with Crippen LogP contribution in [0.1, 0.15) is 41.2 Å². The first-order valence-electron chi connectivity index (χ1n) is 9.67. The van der Waals surface area contributed by atoms with Crippen molar-refractivity contribution in [3.05, 3.63) is 58.0 Å². The average molecular weight is 410 g/mol. The molecule has 0 spiro atoms. The van der Waals surface area contributed by atoms with Crippen molar-refractivity contribution in [1.82, 2.24) is 24.0 Å². The van der Waals surface area contributed by atoms with Crippen LogP contribution in [0.3, 0.4) is 0 Å². The van der Waals surface area contributed by atoms with Crippen LogP contribution < -0.4 is 0 Å². The summed E-state index contributed by atoms with van der Waals surface area (Å²) in [6, 6.07) is 7.98. The van der Waals surface area contributed by atoms with Crippen LogP contribution in [0.4, 0.5) is 0 Å². The topological polar surface area (TPSA) is 57.1 Å².